The largest absolute Gasteiger partial charge is 0.325 e. The predicted octanol–water partition coefficient (Wildman–Crippen LogP) is 2.24. The fourth-order valence-electron chi connectivity index (χ4n) is 3.56. The maximum atomic E-state index is 13.5. The zero-order valence-corrected chi connectivity index (χ0v) is 13.1. The molecular weight excluding hydrogens is 281 g/mol. The van der Waals surface area contributed by atoms with Crippen LogP contribution in [0, 0.1) is 12.7 Å². The van der Waals surface area contributed by atoms with E-state index in [-0.39, 0.29) is 11.7 Å². The quantitative estimate of drug-likeness (QED) is 0.930. The Morgan fingerprint density at radius 2 is 2.14 bits per heavy atom. The van der Waals surface area contributed by atoms with Gasteiger partial charge in [0.25, 0.3) is 0 Å². The molecule has 2 fully saturated rings. The number of fused-ring (bicyclic) bond motifs is 1. The molecule has 3 rings (SSSR count). The van der Waals surface area contributed by atoms with Crippen LogP contribution in [0.5, 0.6) is 0 Å². The lowest BCUT2D eigenvalue weighted by Crippen LogP contribution is -2.40. The van der Waals surface area contributed by atoms with Crippen LogP contribution in [0.25, 0.3) is 0 Å². The number of halogens is 1. The standard InChI is InChI=1S/C17H24FN3O/c1-13-15(18)6-2-7-16(13)19-17(22)12-20-8-4-10-21-9-3-5-14(21)11-20/h2,6-7,14H,3-5,8-12H2,1H3,(H,19,22)/t14-/m0/s1. The fourth-order valence-corrected chi connectivity index (χ4v) is 3.56. The molecule has 0 aromatic heterocycles. The molecule has 2 aliphatic heterocycles. The van der Waals surface area contributed by atoms with E-state index in [2.05, 4.69) is 15.1 Å². The van der Waals surface area contributed by atoms with Gasteiger partial charge in [-0.2, -0.15) is 0 Å². The zero-order chi connectivity index (χ0) is 15.5. The van der Waals surface area contributed by atoms with Crippen LogP contribution in [0.2, 0.25) is 0 Å². The molecule has 2 saturated heterocycles. The molecule has 1 amide bonds. The van der Waals surface area contributed by atoms with Gasteiger partial charge in [-0.1, -0.05) is 6.07 Å². The molecule has 0 spiro atoms. The Hall–Kier alpha value is -1.46. The molecule has 2 heterocycles. The first-order valence-electron chi connectivity index (χ1n) is 8.15. The molecule has 1 aromatic carbocycles. The molecule has 1 aromatic rings. The second-order valence-electron chi connectivity index (χ2n) is 6.38. The van der Waals surface area contributed by atoms with Crippen molar-refractivity contribution in [1.82, 2.24) is 9.80 Å². The summed E-state index contributed by atoms with van der Waals surface area (Å²) in [5, 5.41) is 2.84. The highest BCUT2D eigenvalue weighted by molar-refractivity contribution is 5.92. The Bertz CT molecular complexity index is 549. The molecule has 120 valence electrons. The van der Waals surface area contributed by atoms with Gasteiger partial charge in [-0.15, -0.1) is 0 Å². The van der Waals surface area contributed by atoms with Crippen molar-refractivity contribution in [1.29, 1.82) is 0 Å². The number of hydrogen-bond donors (Lipinski definition) is 1. The van der Waals surface area contributed by atoms with Crippen LogP contribution in [-0.2, 0) is 4.79 Å². The summed E-state index contributed by atoms with van der Waals surface area (Å²) >= 11 is 0. The van der Waals surface area contributed by atoms with Gasteiger partial charge in [-0.25, -0.2) is 4.39 Å². The number of nitrogens with one attached hydrogen (secondary N) is 1. The predicted molar refractivity (Wildman–Crippen MR) is 85.4 cm³/mol. The Morgan fingerprint density at radius 3 is 3.00 bits per heavy atom. The lowest BCUT2D eigenvalue weighted by atomic mass is 10.2. The van der Waals surface area contributed by atoms with E-state index in [0.717, 1.165) is 26.1 Å². The molecule has 0 unspecified atom stereocenters. The van der Waals surface area contributed by atoms with Crippen molar-refractivity contribution in [2.75, 3.05) is 38.0 Å². The van der Waals surface area contributed by atoms with Crippen LogP contribution >= 0.6 is 0 Å². The summed E-state index contributed by atoms with van der Waals surface area (Å²) in [6, 6.07) is 5.39. The summed E-state index contributed by atoms with van der Waals surface area (Å²) in [5.74, 6) is -0.339. The van der Waals surface area contributed by atoms with Crippen LogP contribution in [-0.4, -0.2) is 54.5 Å². The van der Waals surface area contributed by atoms with Gasteiger partial charge in [0.05, 0.1) is 6.54 Å². The van der Waals surface area contributed by atoms with E-state index in [4.69, 9.17) is 0 Å². The Morgan fingerprint density at radius 1 is 1.32 bits per heavy atom. The van der Waals surface area contributed by atoms with Crippen LogP contribution in [0.15, 0.2) is 18.2 Å². The molecule has 1 atom stereocenters. The summed E-state index contributed by atoms with van der Waals surface area (Å²) in [6.07, 6.45) is 3.62. The maximum absolute atomic E-state index is 13.5. The average Bonchev–Trinajstić information content (AvgIpc) is 2.83. The summed E-state index contributed by atoms with van der Waals surface area (Å²) in [6.45, 7) is 6.35. The molecule has 5 heteroatoms. The monoisotopic (exact) mass is 305 g/mol. The first-order valence-corrected chi connectivity index (χ1v) is 8.15. The molecule has 0 aliphatic carbocycles. The van der Waals surface area contributed by atoms with Gasteiger partial charge in [0.2, 0.25) is 5.91 Å². The number of nitrogens with zero attached hydrogens (tertiary/aromatic N) is 2. The number of benzene rings is 1. The van der Waals surface area contributed by atoms with Gasteiger partial charge in [0, 0.05) is 23.8 Å². The van der Waals surface area contributed by atoms with E-state index in [9.17, 15) is 9.18 Å². The molecule has 4 nitrogen and oxygen atoms in total. The number of anilines is 1. The SMILES string of the molecule is Cc1c(F)cccc1NC(=O)CN1CCCN2CCC[C@H]2C1. The Labute approximate surface area is 131 Å². The molecule has 22 heavy (non-hydrogen) atoms. The number of hydrogen-bond acceptors (Lipinski definition) is 3. The number of amides is 1. The third-order valence-electron chi connectivity index (χ3n) is 4.80. The second kappa shape index (κ2) is 6.75. The van der Waals surface area contributed by atoms with Crippen molar-refractivity contribution in [2.45, 2.75) is 32.2 Å². The minimum Gasteiger partial charge on any atom is -0.325 e. The highest BCUT2D eigenvalue weighted by Gasteiger charge is 2.29. The van der Waals surface area contributed by atoms with E-state index < -0.39 is 0 Å². The average molecular weight is 305 g/mol. The molecular formula is C17H24FN3O. The Kier molecular flexibility index (Phi) is 4.74. The van der Waals surface area contributed by atoms with Gasteiger partial charge < -0.3 is 5.32 Å². The first kappa shape index (κ1) is 15.4. The third kappa shape index (κ3) is 3.47. The topological polar surface area (TPSA) is 35.6 Å². The number of carbonyl (C=O) groups is 1. The van der Waals surface area contributed by atoms with E-state index in [0.29, 0.717) is 23.8 Å². The lowest BCUT2D eigenvalue weighted by molar-refractivity contribution is -0.117. The van der Waals surface area contributed by atoms with Crippen LogP contribution in [0.4, 0.5) is 10.1 Å². The van der Waals surface area contributed by atoms with Gasteiger partial charge in [0.15, 0.2) is 0 Å². The normalized spacial score (nSPS) is 23.1. The minimum absolute atomic E-state index is 0.0554. The van der Waals surface area contributed by atoms with E-state index in [1.807, 2.05) is 0 Å². The maximum Gasteiger partial charge on any atom is 0.238 e. The summed E-state index contributed by atoms with van der Waals surface area (Å²) in [5.41, 5.74) is 1.07. The lowest BCUT2D eigenvalue weighted by Gasteiger charge is -2.25. The van der Waals surface area contributed by atoms with Crippen molar-refractivity contribution < 1.29 is 9.18 Å². The van der Waals surface area contributed by atoms with Crippen molar-refractivity contribution >= 4 is 11.6 Å². The fraction of sp³-hybridized carbons (Fsp3) is 0.588. The smallest absolute Gasteiger partial charge is 0.238 e. The number of rotatable bonds is 3. The van der Waals surface area contributed by atoms with Gasteiger partial charge >= 0.3 is 0 Å². The molecule has 0 saturated carbocycles. The summed E-state index contributed by atoms with van der Waals surface area (Å²) in [4.78, 5) is 17.0. The minimum atomic E-state index is -0.283. The van der Waals surface area contributed by atoms with Crippen molar-refractivity contribution in [3.8, 4) is 0 Å². The highest BCUT2D eigenvalue weighted by atomic mass is 19.1. The molecule has 0 bridgehead atoms. The summed E-state index contributed by atoms with van der Waals surface area (Å²) < 4.78 is 13.5. The molecule has 1 N–H and O–H groups in total. The van der Waals surface area contributed by atoms with Crippen molar-refractivity contribution in [2.24, 2.45) is 0 Å². The van der Waals surface area contributed by atoms with Gasteiger partial charge in [-0.05, 0) is 58.0 Å². The second-order valence-corrected chi connectivity index (χ2v) is 6.38. The highest BCUT2D eigenvalue weighted by Crippen LogP contribution is 2.21. The molecule has 0 radical (unpaired) electrons. The molecule has 2 aliphatic rings. The number of carbonyl (C=O) groups excluding carboxylic acids is 1. The zero-order valence-electron chi connectivity index (χ0n) is 13.1. The van der Waals surface area contributed by atoms with E-state index in [1.165, 1.54) is 25.5 Å². The first-order chi connectivity index (χ1) is 10.6. The van der Waals surface area contributed by atoms with E-state index in [1.54, 1.807) is 19.1 Å². The van der Waals surface area contributed by atoms with Gasteiger partial charge in [0.1, 0.15) is 5.82 Å². The van der Waals surface area contributed by atoms with Crippen LogP contribution in [0.3, 0.4) is 0 Å². The van der Waals surface area contributed by atoms with Crippen LogP contribution in [0.1, 0.15) is 24.8 Å². The van der Waals surface area contributed by atoms with Crippen molar-refractivity contribution in [3.63, 3.8) is 0 Å². The van der Waals surface area contributed by atoms with Gasteiger partial charge in [-0.3, -0.25) is 14.6 Å². The summed E-state index contributed by atoms with van der Waals surface area (Å²) in [7, 11) is 0. The van der Waals surface area contributed by atoms with Crippen molar-refractivity contribution in [3.05, 3.63) is 29.6 Å². The Balaban J connectivity index is 1.58. The van der Waals surface area contributed by atoms with Crippen LogP contribution < -0.4 is 5.32 Å². The third-order valence-corrected chi connectivity index (χ3v) is 4.80. The van der Waals surface area contributed by atoms with E-state index >= 15 is 0 Å².